The van der Waals surface area contributed by atoms with E-state index >= 15 is 0 Å². The van der Waals surface area contributed by atoms with Gasteiger partial charge in [-0.05, 0) is 43.5 Å². The van der Waals surface area contributed by atoms with Crippen LogP contribution in [0.15, 0.2) is 18.2 Å². The van der Waals surface area contributed by atoms with Gasteiger partial charge in [0.25, 0.3) is 0 Å². The third-order valence-corrected chi connectivity index (χ3v) is 4.15. The van der Waals surface area contributed by atoms with Crippen LogP contribution in [-0.2, 0) is 0 Å². The van der Waals surface area contributed by atoms with Crippen LogP contribution in [0, 0.1) is 5.92 Å². The standard InChI is InChI=1S/C16H26N2O2/c1-12-5-4-8-18(11-12)15(10-17)14-9-13(19-2)6-7-16(14)20-3/h6-7,9,12,15H,4-5,8,10-11,17H2,1-3H3/t12-,15+/m0/s1. The lowest BCUT2D eigenvalue weighted by atomic mass is 9.95. The number of hydrogen-bond donors (Lipinski definition) is 1. The van der Waals surface area contributed by atoms with Gasteiger partial charge in [0.1, 0.15) is 11.5 Å². The van der Waals surface area contributed by atoms with E-state index < -0.39 is 0 Å². The van der Waals surface area contributed by atoms with E-state index in [4.69, 9.17) is 15.2 Å². The largest absolute Gasteiger partial charge is 0.497 e. The van der Waals surface area contributed by atoms with Crippen molar-refractivity contribution in [3.8, 4) is 11.5 Å². The molecule has 112 valence electrons. The van der Waals surface area contributed by atoms with E-state index in [0.29, 0.717) is 6.54 Å². The van der Waals surface area contributed by atoms with Gasteiger partial charge in [-0.25, -0.2) is 0 Å². The van der Waals surface area contributed by atoms with Crippen LogP contribution < -0.4 is 15.2 Å². The summed E-state index contributed by atoms with van der Waals surface area (Å²) >= 11 is 0. The lowest BCUT2D eigenvalue weighted by molar-refractivity contribution is 0.131. The zero-order chi connectivity index (χ0) is 14.5. The lowest BCUT2D eigenvalue weighted by Gasteiger charge is -2.37. The molecular weight excluding hydrogens is 252 g/mol. The third-order valence-electron chi connectivity index (χ3n) is 4.15. The molecule has 0 unspecified atom stereocenters. The van der Waals surface area contributed by atoms with E-state index in [1.165, 1.54) is 12.8 Å². The molecule has 2 rings (SSSR count). The zero-order valence-corrected chi connectivity index (χ0v) is 12.8. The van der Waals surface area contributed by atoms with Crippen molar-refractivity contribution in [1.29, 1.82) is 0 Å². The maximum Gasteiger partial charge on any atom is 0.123 e. The van der Waals surface area contributed by atoms with Crippen LogP contribution in [0.25, 0.3) is 0 Å². The zero-order valence-electron chi connectivity index (χ0n) is 12.8. The molecule has 2 atom stereocenters. The summed E-state index contributed by atoms with van der Waals surface area (Å²) in [6.45, 7) is 5.10. The summed E-state index contributed by atoms with van der Waals surface area (Å²) in [5.74, 6) is 2.47. The molecule has 1 heterocycles. The minimum absolute atomic E-state index is 0.197. The number of nitrogens with two attached hydrogens (primary N) is 1. The lowest BCUT2D eigenvalue weighted by Crippen LogP contribution is -2.40. The molecule has 0 spiro atoms. The molecule has 0 bridgehead atoms. The van der Waals surface area contributed by atoms with Crippen molar-refractivity contribution in [2.24, 2.45) is 11.7 Å². The van der Waals surface area contributed by atoms with Crippen molar-refractivity contribution in [3.63, 3.8) is 0 Å². The Balaban J connectivity index is 2.29. The molecule has 1 saturated heterocycles. The van der Waals surface area contributed by atoms with Crippen LogP contribution in [-0.4, -0.2) is 38.8 Å². The number of likely N-dealkylation sites (tertiary alicyclic amines) is 1. The van der Waals surface area contributed by atoms with Crippen molar-refractivity contribution in [1.82, 2.24) is 4.90 Å². The Labute approximate surface area is 121 Å². The first-order valence-electron chi connectivity index (χ1n) is 7.35. The van der Waals surface area contributed by atoms with Crippen molar-refractivity contribution in [2.45, 2.75) is 25.8 Å². The van der Waals surface area contributed by atoms with Gasteiger partial charge in [-0.2, -0.15) is 0 Å². The summed E-state index contributed by atoms with van der Waals surface area (Å²) in [7, 11) is 3.39. The van der Waals surface area contributed by atoms with Gasteiger partial charge in [-0.15, -0.1) is 0 Å². The van der Waals surface area contributed by atoms with E-state index in [0.717, 1.165) is 36.1 Å². The molecule has 2 N–H and O–H groups in total. The number of nitrogens with zero attached hydrogens (tertiary/aromatic N) is 1. The molecule has 4 nitrogen and oxygen atoms in total. The van der Waals surface area contributed by atoms with Crippen LogP contribution in [0.2, 0.25) is 0 Å². The SMILES string of the molecule is COc1ccc(OC)c([C@@H](CN)N2CCC[C@H](C)C2)c1. The summed E-state index contributed by atoms with van der Waals surface area (Å²) in [5, 5.41) is 0. The predicted octanol–water partition coefficient (Wildman–Crippen LogP) is 2.44. The molecule has 1 aliphatic heterocycles. The molecule has 0 aromatic heterocycles. The fraction of sp³-hybridized carbons (Fsp3) is 0.625. The van der Waals surface area contributed by atoms with Crippen molar-refractivity contribution >= 4 is 0 Å². The number of ether oxygens (including phenoxy) is 2. The average Bonchev–Trinajstić information content (AvgIpc) is 2.48. The molecule has 1 aromatic carbocycles. The molecule has 0 amide bonds. The highest BCUT2D eigenvalue weighted by atomic mass is 16.5. The fourth-order valence-electron chi connectivity index (χ4n) is 3.08. The van der Waals surface area contributed by atoms with Gasteiger partial charge in [0.05, 0.1) is 20.3 Å². The number of hydrogen-bond acceptors (Lipinski definition) is 4. The van der Waals surface area contributed by atoms with E-state index in [9.17, 15) is 0 Å². The molecule has 20 heavy (non-hydrogen) atoms. The Morgan fingerprint density at radius 2 is 2.15 bits per heavy atom. The molecule has 1 aromatic rings. The second kappa shape index (κ2) is 6.95. The maximum absolute atomic E-state index is 6.06. The van der Waals surface area contributed by atoms with Gasteiger partial charge in [-0.3, -0.25) is 4.90 Å². The highest BCUT2D eigenvalue weighted by molar-refractivity contribution is 5.42. The fourth-order valence-corrected chi connectivity index (χ4v) is 3.08. The minimum Gasteiger partial charge on any atom is -0.497 e. The summed E-state index contributed by atoms with van der Waals surface area (Å²) in [6.07, 6.45) is 2.55. The van der Waals surface area contributed by atoms with E-state index in [1.807, 2.05) is 12.1 Å². The van der Waals surface area contributed by atoms with Crippen LogP contribution in [0.1, 0.15) is 31.4 Å². The topological polar surface area (TPSA) is 47.7 Å². The number of rotatable bonds is 5. The van der Waals surface area contributed by atoms with E-state index in [-0.39, 0.29) is 6.04 Å². The summed E-state index contributed by atoms with van der Waals surface area (Å²) in [4.78, 5) is 2.48. The number of benzene rings is 1. The average molecular weight is 278 g/mol. The van der Waals surface area contributed by atoms with E-state index in [2.05, 4.69) is 17.9 Å². The first-order valence-corrected chi connectivity index (χ1v) is 7.35. The summed E-state index contributed by atoms with van der Waals surface area (Å²) in [5.41, 5.74) is 7.19. The minimum atomic E-state index is 0.197. The second-order valence-electron chi connectivity index (χ2n) is 5.60. The first kappa shape index (κ1) is 15.1. The van der Waals surface area contributed by atoms with Crippen molar-refractivity contribution < 1.29 is 9.47 Å². The normalized spacial score (nSPS) is 21.5. The van der Waals surface area contributed by atoms with Crippen LogP contribution in [0.3, 0.4) is 0 Å². The first-order chi connectivity index (χ1) is 9.69. The van der Waals surface area contributed by atoms with Gasteiger partial charge >= 0.3 is 0 Å². The van der Waals surface area contributed by atoms with Gasteiger partial charge in [0.15, 0.2) is 0 Å². The summed E-state index contributed by atoms with van der Waals surface area (Å²) in [6, 6.07) is 6.14. The third kappa shape index (κ3) is 3.25. The maximum atomic E-state index is 6.06. The van der Waals surface area contributed by atoms with Crippen LogP contribution in [0.4, 0.5) is 0 Å². The highest BCUT2D eigenvalue weighted by Crippen LogP contribution is 2.34. The van der Waals surface area contributed by atoms with Crippen molar-refractivity contribution in [2.75, 3.05) is 33.9 Å². The van der Waals surface area contributed by atoms with E-state index in [1.54, 1.807) is 14.2 Å². The van der Waals surface area contributed by atoms with Gasteiger partial charge in [0, 0.05) is 18.7 Å². The Morgan fingerprint density at radius 3 is 2.75 bits per heavy atom. The smallest absolute Gasteiger partial charge is 0.123 e. The van der Waals surface area contributed by atoms with Gasteiger partial charge < -0.3 is 15.2 Å². The second-order valence-corrected chi connectivity index (χ2v) is 5.60. The van der Waals surface area contributed by atoms with Crippen LogP contribution >= 0.6 is 0 Å². The summed E-state index contributed by atoms with van der Waals surface area (Å²) < 4.78 is 10.9. The molecule has 0 saturated carbocycles. The number of methoxy groups -OCH3 is 2. The Hall–Kier alpha value is -1.26. The number of piperidine rings is 1. The molecule has 4 heteroatoms. The molecule has 1 fully saturated rings. The highest BCUT2D eigenvalue weighted by Gasteiger charge is 2.26. The Morgan fingerprint density at radius 1 is 1.35 bits per heavy atom. The quantitative estimate of drug-likeness (QED) is 0.898. The molecule has 0 radical (unpaired) electrons. The van der Waals surface area contributed by atoms with Gasteiger partial charge in [0.2, 0.25) is 0 Å². The monoisotopic (exact) mass is 278 g/mol. The molecular formula is C16H26N2O2. The van der Waals surface area contributed by atoms with Crippen molar-refractivity contribution in [3.05, 3.63) is 23.8 Å². The Bertz CT molecular complexity index is 436. The molecule has 0 aliphatic carbocycles. The van der Waals surface area contributed by atoms with Crippen LogP contribution in [0.5, 0.6) is 11.5 Å². The molecule has 1 aliphatic rings. The van der Waals surface area contributed by atoms with Gasteiger partial charge in [-0.1, -0.05) is 6.92 Å². The Kier molecular flexibility index (Phi) is 5.26. The predicted molar refractivity (Wildman–Crippen MR) is 81.3 cm³/mol.